The van der Waals surface area contributed by atoms with E-state index in [1.54, 1.807) is 0 Å². The molecule has 2 aliphatic rings. The minimum atomic E-state index is -0.0149. The molecule has 2 fully saturated rings. The normalized spacial score (nSPS) is 26.2. The molecule has 3 unspecified atom stereocenters. The first-order valence-electron chi connectivity index (χ1n) is 9.56. The summed E-state index contributed by atoms with van der Waals surface area (Å²) in [6, 6.07) is -0.0149. The van der Waals surface area contributed by atoms with Gasteiger partial charge in [0.1, 0.15) is 0 Å². The molecule has 24 heavy (non-hydrogen) atoms. The van der Waals surface area contributed by atoms with Crippen molar-refractivity contribution in [3.8, 4) is 0 Å². The third kappa shape index (κ3) is 5.47. The highest BCUT2D eigenvalue weighted by molar-refractivity contribution is 5.82. The molecule has 2 rings (SSSR count). The number of hydrogen-bond donors (Lipinski definition) is 2. The lowest BCUT2D eigenvalue weighted by molar-refractivity contribution is -0.134. The maximum Gasteiger partial charge on any atom is 0.237 e. The lowest BCUT2D eigenvalue weighted by atomic mass is 9.80. The fraction of sp³-hybridized carbons (Fsp3) is 0.895. The van der Waals surface area contributed by atoms with Crippen molar-refractivity contribution in [2.45, 2.75) is 65.8 Å². The van der Waals surface area contributed by atoms with E-state index in [1.807, 2.05) is 4.90 Å². The smallest absolute Gasteiger partial charge is 0.237 e. The number of piperidine rings is 1. The molecule has 0 radical (unpaired) electrons. The summed E-state index contributed by atoms with van der Waals surface area (Å²) in [7, 11) is 0. The first-order chi connectivity index (χ1) is 11.3. The number of nitrogens with zero attached hydrogens (tertiary/aromatic N) is 1. The Morgan fingerprint density at radius 2 is 2.00 bits per heavy atom. The van der Waals surface area contributed by atoms with Crippen LogP contribution in [0.25, 0.3) is 0 Å². The van der Waals surface area contributed by atoms with Crippen LogP contribution in [0.5, 0.6) is 0 Å². The van der Waals surface area contributed by atoms with Gasteiger partial charge in [-0.15, -0.1) is 0 Å². The van der Waals surface area contributed by atoms with E-state index in [0.717, 1.165) is 45.3 Å². The zero-order chi connectivity index (χ0) is 17.7. The average molecular weight is 338 g/mol. The first kappa shape index (κ1) is 19.2. The van der Waals surface area contributed by atoms with Crippen LogP contribution >= 0.6 is 0 Å². The third-order valence-corrected chi connectivity index (χ3v) is 5.77. The zero-order valence-corrected chi connectivity index (χ0v) is 15.9. The highest BCUT2D eigenvalue weighted by Gasteiger charge is 2.29. The van der Waals surface area contributed by atoms with Gasteiger partial charge in [0.15, 0.2) is 0 Å². The quantitative estimate of drug-likeness (QED) is 0.808. The van der Waals surface area contributed by atoms with Gasteiger partial charge in [0.25, 0.3) is 0 Å². The lowest BCUT2D eigenvalue weighted by Gasteiger charge is -2.35. The second-order valence-corrected chi connectivity index (χ2v) is 8.71. The van der Waals surface area contributed by atoms with E-state index in [9.17, 15) is 9.59 Å². The second kappa shape index (κ2) is 8.32. The first-order valence-corrected chi connectivity index (χ1v) is 9.56. The highest BCUT2D eigenvalue weighted by Crippen LogP contribution is 2.29. The van der Waals surface area contributed by atoms with Gasteiger partial charge in [-0.05, 0) is 49.5 Å². The molecule has 0 aromatic carbocycles. The standard InChI is InChI=1S/C19H35N3O2/c1-14(19(2,3)4)11-17(23)22-10-6-7-15(13-22)12-21-18(24)16-8-5-9-20-16/h14-16,20H,5-13H2,1-4H3,(H,21,24). The number of carbonyl (C=O) groups excluding carboxylic acids is 2. The fourth-order valence-corrected chi connectivity index (χ4v) is 3.43. The van der Waals surface area contributed by atoms with Crippen molar-refractivity contribution in [2.24, 2.45) is 17.3 Å². The topological polar surface area (TPSA) is 61.4 Å². The lowest BCUT2D eigenvalue weighted by Crippen LogP contribution is -2.47. The Balaban J connectivity index is 1.76. The Morgan fingerprint density at radius 1 is 1.25 bits per heavy atom. The van der Waals surface area contributed by atoms with E-state index < -0.39 is 0 Å². The maximum atomic E-state index is 12.6. The molecule has 138 valence electrons. The van der Waals surface area contributed by atoms with Crippen molar-refractivity contribution in [2.75, 3.05) is 26.2 Å². The number of nitrogens with one attached hydrogen (secondary N) is 2. The molecule has 0 bridgehead atoms. The molecule has 0 spiro atoms. The van der Waals surface area contributed by atoms with Crippen LogP contribution in [0.2, 0.25) is 0 Å². The van der Waals surface area contributed by atoms with Gasteiger partial charge < -0.3 is 15.5 Å². The SMILES string of the molecule is CC(CC(=O)N1CCCC(CNC(=O)C2CCCN2)C1)C(C)(C)C. The van der Waals surface area contributed by atoms with Gasteiger partial charge >= 0.3 is 0 Å². The Kier molecular flexibility index (Phi) is 6.67. The Labute approximate surface area is 146 Å². The zero-order valence-electron chi connectivity index (χ0n) is 15.9. The van der Waals surface area contributed by atoms with Crippen LogP contribution in [-0.4, -0.2) is 48.9 Å². The van der Waals surface area contributed by atoms with Crippen LogP contribution in [0.3, 0.4) is 0 Å². The van der Waals surface area contributed by atoms with Crippen molar-refractivity contribution in [3.63, 3.8) is 0 Å². The van der Waals surface area contributed by atoms with Gasteiger partial charge in [0, 0.05) is 26.1 Å². The molecule has 3 atom stereocenters. The maximum absolute atomic E-state index is 12.6. The molecule has 2 heterocycles. The van der Waals surface area contributed by atoms with E-state index in [2.05, 4.69) is 38.3 Å². The largest absolute Gasteiger partial charge is 0.354 e. The molecule has 2 N–H and O–H groups in total. The van der Waals surface area contributed by atoms with E-state index >= 15 is 0 Å². The predicted molar refractivity (Wildman–Crippen MR) is 96.6 cm³/mol. The highest BCUT2D eigenvalue weighted by atomic mass is 16.2. The molecule has 2 amide bonds. The van der Waals surface area contributed by atoms with E-state index in [1.165, 1.54) is 0 Å². The Morgan fingerprint density at radius 3 is 2.62 bits per heavy atom. The molecular formula is C19H35N3O2. The molecule has 0 aliphatic carbocycles. The number of amides is 2. The summed E-state index contributed by atoms with van der Waals surface area (Å²) >= 11 is 0. The summed E-state index contributed by atoms with van der Waals surface area (Å²) in [4.78, 5) is 26.7. The van der Waals surface area contributed by atoms with Crippen LogP contribution in [0, 0.1) is 17.3 Å². The summed E-state index contributed by atoms with van der Waals surface area (Å²) in [5.74, 6) is 1.15. The molecular weight excluding hydrogens is 302 g/mol. The third-order valence-electron chi connectivity index (χ3n) is 5.77. The van der Waals surface area contributed by atoms with Crippen LogP contribution in [0.15, 0.2) is 0 Å². The van der Waals surface area contributed by atoms with Gasteiger partial charge in [0.2, 0.25) is 11.8 Å². The van der Waals surface area contributed by atoms with Crippen LogP contribution < -0.4 is 10.6 Å². The minimum absolute atomic E-state index is 0.0149. The van der Waals surface area contributed by atoms with Crippen molar-refractivity contribution >= 4 is 11.8 Å². The number of carbonyl (C=O) groups is 2. The number of hydrogen-bond acceptors (Lipinski definition) is 3. The van der Waals surface area contributed by atoms with Gasteiger partial charge in [0.05, 0.1) is 6.04 Å². The van der Waals surface area contributed by atoms with Crippen molar-refractivity contribution in [3.05, 3.63) is 0 Å². The molecule has 5 heteroatoms. The van der Waals surface area contributed by atoms with Crippen molar-refractivity contribution in [1.29, 1.82) is 0 Å². The molecule has 2 saturated heterocycles. The Hall–Kier alpha value is -1.10. The molecule has 0 saturated carbocycles. The number of rotatable bonds is 5. The van der Waals surface area contributed by atoms with E-state index in [4.69, 9.17) is 0 Å². The van der Waals surface area contributed by atoms with Crippen LogP contribution in [-0.2, 0) is 9.59 Å². The monoisotopic (exact) mass is 337 g/mol. The summed E-state index contributed by atoms with van der Waals surface area (Å²) in [5, 5.41) is 6.31. The summed E-state index contributed by atoms with van der Waals surface area (Å²) < 4.78 is 0. The number of likely N-dealkylation sites (tertiary alicyclic amines) is 1. The minimum Gasteiger partial charge on any atom is -0.354 e. The fourth-order valence-electron chi connectivity index (χ4n) is 3.43. The van der Waals surface area contributed by atoms with Crippen LogP contribution in [0.1, 0.15) is 59.8 Å². The van der Waals surface area contributed by atoms with Crippen molar-refractivity contribution in [1.82, 2.24) is 15.5 Å². The van der Waals surface area contributed by atoms with Gasteiger partial charge in [-0.25, -0.2) is 0 Å². The average Bonchev–Trinajstić information content (AvgIpc) is 3.06. The van der Waals surface area contributed by atoms with E-state index in [0.29, 0.717) is 24.8 Å². The van der Waals surface area contributed by atoms with Gasteiger partial charge in [-0.1, -0.05) is 27.7 Å². The Bertz CT molecular complexity index is 438. The molecule has 5 nitrogen and oxygen atoms in total. The molecule has 2 aliphatic heterocycles. The molecule has 0 aromatic rings. The summed E-state index contributed by atoms with van der Waals surface area (Å²) in [6.45, 7) is 12.0. The van der Waals surface area contributed by atoms with E-state index in [-0.39, 0.29) is 23.3 Å². The molecule has 0 aromatic heterocycles. The van der Waals surface area contributed by atoms with Gasteiger partial charge in [-0.2, -0.15) is 0 Å². The summed E-state index contributed by atoms with van der Waals surface area (Å²) in [6.07, 6.45) is 4.77. The van der Waals surface area contributed by atoms with Crippen molar-refractivity contribution < 1.29 is 9.59 Å². The van der Waals surface area contributed by atoms with Gasteiger partial charge in [-0.3, -0.25) is 9.59 Å². The van der Waals surface area contributed by atoms with Crippen LogP contribution in [0.4, 0.5) is 0 Å². The second-order valence-electron chi connectivity index (χ2n) is 8.71. The summed E-state index contributed by atoms with van der Waals surface area (Å²) in [5.41, 5.74) is 0.160. The predicted octanol–water partition coefficient (Wildman–Crippen LogP) is 2.17.